The third-order valence-electron chi connectivity index (χ3n) is 12.3. The molecule has 258 valence electrons. The van der Waals surface area contributed by atoms with Crippen LogP contribution in [0.1, 0.15) is 25.0 Å². The lowest BCUT2D eigenvalue weighted by molar-refractivity contribution is 0.660. The molecule has 10 aromatic carbocycles. The van der Waals surface area contributed by atoms with Crippen LogP contribution in [0.4, 0.5) is 0 Å². The van der Waals surface area contributed by atoms with Gasteiger partial charge in [-0.15, -0.1) is 0 Å². The van der Waals surface area contributed by atoms with Crippen LogP contribution < -0.4 is 0 Å². The third kappa shape index (κ3) is 4.78. The highest BCUT2D eigenvalue weighted by Gasteiger charge is 2.37. The molecule has 0 fully saturated rings. The smallest absolute Gasteiger partial charge is 0.0159 e. The van der Waals surface area contributed by atoms with Crippen LogP contribution in [0.5, 0.6) is 0 Å². The monoisotopic (exact) mass is 698 g/mol. The lowest BCUT2D eigenvalue weighted by Crippen LogP contribution is -2.14. The topological polar surface area (TPSA) is 0 Å². The minimum absolute atomic E-state index is 0.0961. The van der Waals surface area contributed by atoms with E-state index in [1.807, 2.05) is 0 Å². The molecule has 0 nitrogen and oxygen atoms in total. The molecule has 10 aromatic rings. The van der Waals surface area contributed by atoms with Crippen molar-refractivity contribution in [1.82, 2.24) is 0 Å². The summed E-state index contributed by atoms with van der Waals surface area (Å²) in [6, 6.07) is 72.3. The molecule has 1 aliphatic rings. The molecular formula is C55H38. The number of benzene rings is 10. The lowest BCUT2D eigenvalue weighted by Gasteiger charge is -2.23. The van der Waals surface area contributed by atoms with E-state index in [9.17, 15) is 0 Å². The van der Waals surface area contributed by atoms with Gasteiger partial charge in [0.25, 0.3) is 0 Å². The second-order valence-corrected chi connectivity index (χ2v) is 15.6. The molecule has 0 bridgehead atoms. The second kappa shape index (κ2) is 12.1. The number of hydrogen-bond acceptors (Lipinski definition) is 0. The molecule has 0 N–H and O–H groups in total. The van der Waals surface area contributed by atoms with Crippen molar-refractivity contribution in [2.45, 2.75) is 19.3 Å². The van der Waals surface area contributed by atoms with Gasteiger partial charge in [0, 0.05) is 5.41 Å². The largest absolute Gasteiger partial charge is 0.0619 e. The van der Waals surface area contributed by atoms with E-state index < -0.39 is 0 Å². The Balaban J connectivity index is 1.28. The molecule has 0 saturated carbocycles. The molecular weight excluding hydrogens is 661 g/mol. The molecule has 11 rings (SSSR count). The summed E-state index contributed by atoms with van der Waals surface area (Å²) in [6.07, 6.45) is 0. The zero-order valence-electron chi connectivity index (χ0n) is 31.0. The fraction of sp³-hybridized carbons (Fsp3) is 0.0545. The standard InChI is InChI=1S/C55H38/c1-55(2)50-27-12-11-24-47(50)54-48(26-14-28-51(54)55)53-45-23-10-9-22-44(45)52(43-21-8-7-20-42(43)41-25-13-18-36-16-5-6-19-40(36)41)46-32-31-39(34-49(46)53)38-30-29-35-15-3-4-17-37(35)33-38/h3-34H,1-2H3. The molecule has 0 radical (unpaired) electrons. The average Bonchev–Trinajstić information content (AvgIpc) is 3.48. The van der Waals surface area contributed by atoms with Crippen molar-refractivity contribution in [2.24, 2.45) is 0 Å². The van der Waals surface area contributed by atoms with Gasteiger partial charge in [-0.05, 0) is 122 Å². The van der Waals surface area contributed by atoms with Gasteiger partial charge in [0.1, 0.15) is 0 Å². The van der Waals surface area contributed by atoms with Gasteiger partial charge >= 0.3 is 0 Å². The maximum absolute atomic E-state index is 2.47. The predicted molar refractivity (Wildman–Crippen MR) is 236 cm³/mol. The van der Waals surface area contributed by atoms with E-state index in [4.69, 9.17) is 0 Å². The Bertz CT molecular complexity index is 3170. The average molecular weight is 699 g/mol. The summed E-state index contributed by atoms with van der Waals surface area (Å²) in [7, 11) is 0. The van der Waals surface area contributed by atoms with Crippen molar-refractivity contribution in [3.63, 3.8) is 0 Å². The first kappa shape index (κ1) is 31.7. The third-order valence-corrected chi connectivity index (χ3v) is 12.3. The first-order chi connectivity index (χ1) is 27.1. The highest BCUT2D eigenvalue weighted by molar-refractivity contribution is 6.24. The Kier molecular flexibility index (Phi) is 7.00. The van der Waals surface area contributed by atoms with Gasteiger partial charge in [-0.25, -0.2) is 0 Å². The molecule has 0 atom stereocenters. The fourth-order valence-electron chi connectivity index (χ4n) is 9.67. The van der Waals surface area contributed by atoms with Crippen LogP contribution in [0.15, 0.2) is 194 Å². The molecule has 1 aliphatic carbocycles. The Morgan fingerprint density at radius 3 is 1.60 bits per heavy atom. The van der Waals surface area contributed by atoms with E-state index in [0.717, 1.165) is 0 Å². The van der Waals surface area contributed by atoms with Crippen LogP contribution in [0.3, 0.4) is 0 Å². The van der Waals surface area contributed by atoms with E-state index in [2.05, 4.69) is 208 Å². The van der Waals surface area contributed by atoms with Gasteiger partial charge in [0.2, 0.25) is 0 Å². The maximum Gasteiger partial charge on any atom is 0.0159 e. The Labute approximate surface area is 322 Å². The molecule has 0 saturated heterocycles. The summed E-state index contributed by atoms with van der Waals surface area (Å²) in [5, 5.41) is 10.1. The SMILES string of the molecule is CC1(C)c2ccccc2-c2c(-c3c4ccccc4c(-c4ccccc4-c4cccc5ccccc45)c4ccc(-c5ccc6ccccc6c5)cc34)cccc21. The minimum Gasteiger partial charge on any atom is -0.0619 e. The summed E-state index contributed by atoms with van der Waals surface area (Å²) in [5.74, 6) is 0. The Morgan fingerprint density at radius 2 is 0.782 bits per heavy atom. The molecule has 0 aliphatic heterocycles. The van der Waals surface area contributed by atoms with E-state index in [1.165, 1.54) is 110 Å². The zero-order chi connectivity index (χ0) is 36.7. The normalized spacial score (nSPS) is 13.1. The van der Waals surface area contributed by atoms with Gasteiger partial charge in [0.15, 0.2) is 0 Å². The summed E-state index contributed by atoms with van der Waals surface area (Å²) in [4.78, 5) is 0. The minimum atomic E-state index is -0.0961. The van der Waals surface area contributed by atoms with Crippen molar-refractivity contribution in [2.75, 3.05) is 0 Å². The van der Waals surface area contributed by atoms with Gasteiger partial charge < -0.3 is 0 Å². The molecule has 0 aromatic heterocycles. The fourth-order valence-corrected chi connectivity index (χ4v) is 9.67. The van der Waals surface area contributed by atoms with Gasteiger partial charge in [0.05, 0.1) is 0 Å². The highest BCUT2D eigenvalue weighted by Crippen LogP contribution is 2.55. The molecule has 0 unspecified atom stereocenters. The highest BCUT2D eigenvalue weighted by atomic mass is 14.4. The van der Waals surface area contributed by atoms with Crippen LogP contribution >= 0.6 is 0 Å². The van der Waals surface area contributed by atoms with Crippen LogP contribution in [0.25, 0.3) is 98.7 Å². The Hall–Kier alpha value is -6.76. The summed E-state index contributed by atoms with van der Waals surface area (Å²) >= 11 is 0. The summed E-state index contributed by atoms with van der Waals surface area (Å²) in [6.45, 7) is 4.76. The number of hydrogen-bond donors (Lipinski definition) is 0. The van der Waals surface area contributed by atoms with E-state index in [1.54, 1.807) is 0 Å². The van der Waals surface area contributed by atoms with Gasteiger partial charge in [-0.1, -0.05) is 196 Å². The zero-order valence-corrected chi connectivity index (χ0v) is 31.0. The van der Waals surface area contributed by atoms with Gasteiger partial charge in [-0.2, -0.15) is 0 Å². The van der Waals surface area contributed by atoms with Crippen LogP contribution in [0.2, 0.25) is 0 Å². The van der Waals surface area contributed by atoms with Crippen molar-refractivity contribution in [3.05, 3.63) is 205 Å². The number of fused-ring (bicyclic) bond motifs is 7. The van der Waals surface area contributed by atoms with Crippen molar-refractivity contribution < 1.29 is 0 Å². The second-order valence-electron chi connectivity index (χ2n) is 15.6. The van der Waals surface area contributed by atoms with Crippen LogP contribution in [0, 0.1) is 0 Å². The lowest BCUT2D eigenvalue weighted by atomic mass is 9.80. The van der Waals surface area contributed by atoms with Gasteiger partial charge in [-0.3, -0.25) is 0 Å². The molecule has 0 heteroatoms. The quantitative estimate of drug-likeness (QED) is 0.161. The van der Waals surface area contributed by atoms with E-state index in [0.29, 0.717) is 0 Å². The molecule has 0 amide bonds. The molecule has 55 heavy (non-hydrogen) atoms. The van der Waals surface area contributed by atoms with Crippen LogP contribution in [-0.4, -0.2) is 0 Å². The van der Waals surface area contributed by atoms with Crippen molar-refractivity contribution >= 4 is 43.1 Å². The maximum atomic E-state index is 2.47. The first-order valence-corrected chi connectivity index (χ1v) is 19.4. The van der Waals surface area contributed by atoms with Crippen molar-refractivity contribution in [3.8, 4) is 55.6 Å². The van der Waals surface area contributed by atoms with Crippen molar-refractivity contribution in [1.29, 1.82) is 0 Å². The Morgan fingerprint density at radius 1 is 0.273 bits per heavy atom. The van der Waals surface area contributed by atoms with E-state index in [-0.39, 0.29) is 5.41 Å². The molecule has 0 heterocycles. The number of rotatable bonds is 4. The first-order valence-electron chi connectivity index (χ1n) is 19.4. The van der Waals surface area contributed by atoms with E-state index >= 15 is 0 Å². The predicted octanol–water partition coefficient (Wildman–Crippen LogP) is 15.3. The molecule has 0 spiro atoms. The summed E-state index contributed by atoms with van der Waals surface area (Å²) in [5.41, 5.74) is 15.4. The van der Waals surface area contributed by atoms with Crippen LogP contribution in [-0.2, 0) is 5.41 Å². The summed E-state index contributed by atoms with van der Waals surface area (Å²) < 4.78 is 0.